The smallest absolute Gasteiger partial charge is 0.253 e. The minimum Gasteiger partial charge on any atom is -0.495 e. The molecule has 7 nitrogen and oxygen atoms in total. The third kappa shape index (κ3) is 2.91. The normalized spacial score (nSPS) is 26.6. The van der Waals surface area contributed by atoms with Gasteiger partial charge in [-0.25, -0.2) is 9.29 Å². The van der Waals surface area contributed by atoms with E-state index >= 15 is 0 Å². The van der Waals surface area contributed by atoms with Gasteiger partial charge in [-0.05, 0) is 42.8 Å². The number of nitrogens with zero attached hydrogens (tertiary/aromatic N) is 2. The molecule has 1 spiro atoms. The maximum absolute atomic E-state index is 14.2. The van der Waals surface area contributed by atoms with Crippen molar-refractivity contribution in [3.05, 3.63) is 89.7 Å². The summed E-state index contributed by atoms with van der Waals surface area (Å²) >= 11 is 0. The second-order valence-corrected chi connectivity index (χ2v) is 9.46. The summed E-state index contributed by atoms with van der Waals surface area (Å²) in [6.07, 6.45) is 0. The van der Waals surface area contributed by atoms with Crippen molar-refractivity contribution >= 4 is 29.1 Å². The van der Waals surface area contributed by atoms with Crippen molar-refractivity contribution in [1.29, 1.82) is 0 Å². The summed E-state index contributed by atoms with van der Waals surface area (Å²) in [6.45, 7) is 2.05. The Morgan fingerprint density at radius 2 is 1.58 bits per heavy atom. The number of imide groups is 1. The molecule has 0 aliphatic carbocycles. The summed E-state index contributed by atoms with van der Waals surface area (Å²) in [7, 11) is 1.49. The summed E-state index contributed by atoms with van der Waals surface area (Å²) in [5.41, 5.74) is 1.07. The summed E-state index contributed by atoms with van der Waals surface area (Å²) in [5, 5.41) is 3.37. The number of hydrogen-bond acceptors (Lipinski definition) is 5. The topological polar surface area (TPSA) is 79.0 Å². The predicted molar refractivity (Wildman–Crippen MR) is 131 cm³/mol. The molecule has 0 saturated carbocycles. The number of para-hydroxylation sites is 3. The Hall–Kier alpha value is -4.04. The van der Waals surface area contributed by atoms with Gasteiger partial charge in [0.25, 0.3) is 5.91 Å². The van der Waals surface area contributed by atoms with Crippen LogP contribution in [0.4, 0.5) is 15.8 Å². The second kappa shape index (κ2) is 7.99. The zero-order valence-electron chi connectivity index (χ0n) is 19.8. The van der Waals surface area contributed by atoms with Crippen molar-refractivity contribution in [2.75, 3.05) is 16.9 Å². The number of anilines is 2. The van der Waals surface area contributed by atoms with Crippen molar-refractivity contribution in [1.82, 2.24) is 5.32 Å². The fourth-order valence-corrected chi connectivity index (χ4v) is 6.09. The lowest BCUT2D eigenvalue weighted by molar-refractivity contribution is -0.132. The van der Waals surface area contributed by atoms with Crippen LogP contribution in [0.1, 0.15) is 18.1 Å². The van der Waals surface area contributed by atoms with Crippen LogP contribution in [-0.4, -0.2) is 30.9 Å². The van der Waals surface area contributed by atoms with E-state index in [9.17, 15) is 18.8 Å². The van der Waals surface area contributed by atoms with Crippen molar-refractivity contribution in [3.8, 4) is 5.75 Å². The van der Waals surface area contributed by atoms with E-state index in [0.717, 1.165) is 5.56 Å². The van der Waals surface area contributed by atoms with Crippen LogP contribution in [-0.2, 0) is 26.5 Å². The van der Waals surface area contributed by atoms with Gasteiger partial charge in [0.2, 0.25) is 11.8 Å². The maximum Gasteiger partial charge on any atom is 0.253 e. The molecule has 2 fully saturated rings. The molecular weight excluding hydrogens is 461 g/mol. The zero-order valence-corrected chi connectivity index (χ0v) is 19.8. The molecule has 182 valence electrons. The van der Waals surface area contributed by atoms with Crippen molar-refractivity contribution in [2.45, 2.75) is 25.0 Å². The van der Waals surface area contributed by atoms with Crippen LogP contribution < -0.4 is 19.9 Å². The van der Waals surface area contributed by atoms with Crippen LogP contribution in [0.15, 0.2) is 72.8 Å². The predicted octanol–water partition coefficient (Wildman–Crippen LogP) is 3.37. The number of carbonyl (C=O) groups is 3. The van der Waals surface area contributed by atoms with Crippen LogP contribution in [0, 0.1) is 17.7 Å². The Morgan fingerprint density at radius 1 is 0.917 bits per heavy atom. The molecule has 0 unspecified atom stereocenters. The molecular formula is C28H24FN3O4. The van der Waals surface area contributed by atoms with E-state index in [1.165, 1.54) is 24.1 Å². The van der Waals surface area contributed by atoms with Crippen LogP contribution >= 0.6 is 0 Å². The van der Waals surface area contributed by atoms with Crippen LogP contribution in [0.5, 0.6) is 5.75 Å². The van der Waals surface area contributed by atoms with Crippen LogP contribution in [0.3, 0.4) is 0 Å². The second-order valence-electron chi connectivity index (χ2n) is 9.46. The Kier molecular flexibility index (Phi) is 4.98. The number of rotatable bonds is 4. The number of hydrogen-bond donors (Lipinski definition) is 1. The number of ether oxygens (including phenoxy) is 1. The summed E-state index contributed by atoms with van der Waals surface area (Å²) in [4.78, 5) is 44.8. The number of halogens is 1. The highest BCUT2D eigenvalue weighted by Crippen LogP contribution is 2.55. The first kappa shape index (κ1) is 22.4. The van der Waals surface area contributed by atoms with Crippen molar-refractivity contribution < 1.29 is 23.5 Å². The Labute approximate surface area is 207 Å². The van der Waals surface area contributed by atoms with Crippen LogP contribution in [0.2, 0.25) is 0 Å². The molecule has 3 aromatic carbocycles. The van der Waals surface area contributed by atoms with Gasteiger partial charge in [-0.15, -0.1) is 0 Å². The van der Waals surface area contributed by atoms with Gasteiger partial charge in [0, 0.05) is 17.3 Å². The van der Waals surface area contributed by atoms with E-state index in [1.807, 2.05) is 31.2 Å². The van der Waals surface area contributed by atoms with E-state index < -0.39 is 29.3 Å². The summed E-state index contributed by atoms with van der Waals surface area (Å²) in [6, 6.07) is 19.8. The molecule has 3 aromatic rings. The molecule has 0 aromatic heterocycles. The van der Waals surface area contributed by atoms with E-state index in [2.05, 4.69) is 5.32 Å². The van der Waals surface area contributed by atoms with E-state index in [0.29, 0.717) is 22.7 Å². The van der Waals surface area contributed by atoms with Crippen molar-refractivity contribution in [3.63, 3.8) is 0 Å². The fourth-order valence-electron chi connectivity index (χ4n) is 6.09. The van der Waals surface area contributed by atoms with Gasteiger partial charge in [-0.2, -0.15) is 0 Å². The highest BCUT2D eigenvalue weighted by atomic mass is 19.1. The molecule has 0 bridgehead atoms. The number of amides is 3. The molecule has 36 heavy (non-hydrogen) atoms. The summed E-state index contributed by atoms with van der Waals surface area (Å²) < 4.78 is 18.9. The van der Waals surface area contributed by atoms with Gasteiger partial charge in [-0.1, -0.05) is 42.5 Å². The highest BCUT2D eigenvalue weighted by molar-refractivity contribution is 6.26. The first-order valence-electron chi connectivity index (χ1n) is 11.8. The SMILES string of the molecule is COc1ccccc1N1C(=O)[C@@H]2[C@@H](C1=O)[C@]1(N[C@@H]2C)C(=O)N(Cc2ccc(F)cc2)c2ccccc21. The lowest BCUT2D eigenvalue weighted by atomic mass is 9.76. The summed E-state index contributed by atoms with van der Waals surface area (Å²) in [5.74, 6) is -2.67. The third-order valence-corrected chi connectivity index (χ3v) is 7.59. The Balaban J connectivity index is 1.46. The highest BCUT2D eigenvalue weighted by Gasteiger charge is 2.71. The van der Waals surface area contributed by atoms with Crippen molar-refractivity contribution in [2.24, 2.45) is 11.8 Å². The molecule has 0 radical (unpaired) electrons. The quantitative estimate of drug-likeness (QED) is 0.574. The van der Waals surface area contributed by atoms with E-state index in [1.54, 1.807) is 41.3 Å². The minimum atomic E-state index is -1.38. The Bertz CT molecular complexity index is 1410. The van der Waals surface area contributed by atoms with Gasteiger partial charge in [0.1, 0.15) is 17.1 Å². The first-order valence-corrected chi connectivity index (χ1v) is 11.8. The standard InChI is InChI=1S/C28H24FN3O4/c1-16-23-24(26(34)32(25(23)33)21-9-5-6-10-22(21)36-2)28(30-16)19-7-3-4-8-20(19)31(27(28)35)15-17-11-13-18(29)14-12-17/h3-14,16,23-24,30H,15H2,1-2H3/t16-,23+,24+,28+/m1/s1. The maximum atomic E-state index is 14.2. The number of benzene rings is 3. The van der Waals surface area contributed by atoms with Gasteiger partial charge in [0.15, 0.2) is 0 Å². The Morgan fingerprint density at radius 3 is 2.31 bits per heavy atom. The molecule has 2 saturated heterocycles. The largest absolute Gasteiger partial charge is 0.495 e. The van der Waals surface area contributed by atoms with Gasteiger partial charge in [0.05, 0.1) is 31.2 Å². The van der Waals surface area contributed by atoms with Gasteiger partial charge < -0.3 is 9.64 Å². The molecule has 6 rings (SSSR count). The molecule has 1 N–H and O–H groups in total. The monoisotopic (exact) mass is 485 g/mol. The number of nitrogens with one attached hydrogen (secondary N) is 1. The number of carbonyl (C=O) groups excluding carboxylic acids is 3. The molecule has 8 heteroatoms. The molecule has 3 aliphatic heterocycles. The van der Waals surface area contributed by atoms with E-state index in [4.69, 9.17) is 4.74 Å². The van der Waals surface area contributed by atoms with Gasteiger partial charge >= 0.3 is 0 Å². The van der Waals surface area contributed by atoms with Crippen LogP contribution in [0.25, 0.3) is 0 Å². The molecule has 3 amide bonds. The zero-order chi connectivity index (χ0) is 25.2. The first-order chi connectivity index (χ1) is 17.4. The average Bonchev–Trinajstić information content (AvgIpc) is 3.43. The average molecular weight is 486 g/mol. The number of fused-ring (bicyclic) bond motifs is 4. The lowest BCUT2D eigenvalue weighted by Crippen LogP contribution is -2.54. The molecule has 4 atom stereocenters. The lowest BCUT2D eigenvalue weighted by Gasteiger charge is -2.30. The van der Waals surface area contributed by atoms with Gasteiger partial charge in [-0.3, -0.25) is 19.7 Å². The molecule has 3 heterocycles. The fraction of sp³-hybridized carbons (Fsp3) is 0.250. The van der Waals surface area contributed by atoms with E-state index in [-0.39, 0.29) is 24.2 Å². The number of methoxy groups -OCH3 is 1. The molecule has 3 aliphatic rings. The minimum absolute atomic E-state index is 0.212. The third-order valence-electron chi connectivity index (χ3n) is 7.59.